The first kappa shape index (κ1) is 9.53. The van der Waals surface area contributed by atoms with Crippen LogP contribution < -0.4 is 11.1 Å². The smallest absolute Gasteiger partial charge is 0.0340 e. The second kappa shape index (κ2) is 3.62. The highest BCUT2D eigenvalue weighted by molar-refractivity contribution is 5.42. The van der Waals surface area contributed by atoms with Gasteiger partial charge in [0.05, 0.1) is 0 Å². The van der Waals surface area contributed by atoms with Crippen LogP contribution in [0.3, 0.4) is 0 Å². The van der Waals surface area contributed by atoms with E-state index in [9.17, 15) is 0 Å². The van der Waals surface area contributed by atoms with Crippen molar-refractivity contribution in [3.63, 3.8) is 0 Å². The third-order valence-corrected chi connectivity index (χ3v) is 2.96. The molecule has 1 atom stereocenters. The Labute approximate surface area is 85.5 Å². The quantitative estimate of drug-likeness (QED) is 0.764. The van der Waals surface area contributed by atoms with E-state index in [1.165, 1.54) is 12.8 Å². The van der Waals surface area contributed by atoms with Gasteiger partial charge >= 0.3 is 0 Å². The van der Waals surface area contributed by atoms with Gasteiger partial charge in [0.1, 0.15) is 0 Å². The van der Waals surface area contributed by atoms with Crippen LogP contribution in [-0.4, -0.2) is 12.1 Å². The Bertz CT molecular complexity index is 288. The molecule has 0 aliphatic heterocycles. The summed E-state index contributed by atoms with van der Waals surface area (Å²) in [6.07, 6.45) is 2.59. The first-order valence-electron chi connectivity index (χ1n) is 5.26. The number of nitrogens with two attached hydrogens (primary N) is 1. The zero-order valence-electron chi connectivity index (χ0n) is 8.66. The van der Waals surface area contributed by atoms with Crippen molar-refractivity contribution in [2.75, 3.05) is 11.9 Å². The predicted octanol–water partition coefficient (Wildman–Crippen LogP) is 2.23. The Kier molecular flexibility index (Phi) is 2.46. The van der Waals surface area contributed by atoms with Gasteiger partial charge in [-0.1, -0.05) is 18.2 Å². The maximum absolute atomic E-state index is 6.21. The molecule has 0 amide bonds. The largest absolute Gasteiger partial charge is 0.383 e. The molecule has 0 radical (unpaired) electrons. The summed E-state index contributed by atoms with van der Waals surface area (Å²) in [6, 6.07) is 10.2. The fourth-order valence-corrected chi connectivity index (χ4v) is 1.74. The highest BCUT2D eigenvalue weighted by atomic mass is 14.9. The van der Waals surface area contributed by atoms with Crippen molar-refractivity contribution in [2.24, 2.45) is 11.7 Å². The minimum absolute atomic E-state index is 0.0458. The van der Waals surface area contributed by atoms with Gasteiger partial charge in [0, 0.05) is 17.8 Å². The van der Waals surface area contributed by atoms with Crippen molar-refractivity contribution in [2.45, 2.75) is 25.3 Å². The van der Waals surface area contributed by atoms with Crippen LogP contribution in [-0.2, 0) is 0 Å². The van der Waals surface area contributed by atoms with E-state index in [0.29, 0.717) is 0 Å². The molecule has 0 bridgehead atoms. The van der Waals surface area contributed by atoms with Crippen molar-refractivity contribution in [1.29, 1.82) is 0 Å². The van der Waals surface area contributed by atoms with Crippen LogP contribution in [0.25, 0.3) is 0 Å². The van der Waals surface area contributed by atoms with Gasteiger partial charge in [-0.25, -0.2) is 0 Å². The molecule has 1 fully saturated rings. The van der Waals surface area contributed by atoms with E-state index < -0.39 is 0 Å². The summed E-state index contributed by atoms with van der Waals surface area (Å²) in [5.74, 6) is 0.721. The summed E-state index contributed by atoms with van der Waals surface area (Å²) in [4.78, 5) is 0. The monoisotopic (exact) mass is 190 g/mol. The number of benzene rings is 1. The summed E-state index contributed by atoms with van der Waals surface area (Å²) in [6.45, 7) is 3.00. The lowest BCUT2D eigenvalue weighted by atomic mass is 9.97. The number of rotatable bonds is 4. The number of hydrogen-bond acceptors (Lipinski definition) is 2. The molecular formula is C12H18N2. The maximum atomic E-state index is 6.21. The minimum Gasteiger partial charge on any atom is -0.383 e. The van der Waals surface area contributed by atoms with Crippen LogP contribution in [0.1, 0.15) is 19.8 Å². The van der Waals surface area contributed by atoms with Gasteiger partial charge in [0.15, 0.2) is 0 Å². The zero-order chi connectivity index (χ0) is 10.0. The highest BCUT2D eigenvalue weighted by Gasteiger charge is 2.37. The molecule has 0 heterocycles. The van der Waals surface area contributed by atoms with E-state index >= 15 is 0 Å². The van der Waals surface area contributed by atoms with Gasteiger partial charge in [0.2, 0.25) is 0 Å². The molecule has 1 aliphatic carbocycles. The van der Waals surface area contributed by atoms with Gasteiger partial charge in [-0.3, -0.25) is 0 Å². The Morgan fingerprint density at radius 1 is 1.36 bits per heavy atom. The Balaban J connectivity index is 1.87. The Morgan fingerprint density at radius 2 is 2.00 bits per heavy atom. The molecule has 3 N–H and O–H groups in total. The summed E-state index contributed by atoms with van der Waals surface area (Å²) in [5.41, 5.74) is 7.32. The third kappa shape index (κ3) is 2.26. The Hall–Kier alpha value is -1.02. The molecular weight excluding hydrogens is 172 g/mol. The summed E-state index contributed by atoms with van der Waals surface area (Å²) in [5, 5.41) is 3.38. The molecule has 2 rings (SSSR count). The normalized spacial score (nSPS) is 20.1. The van der Waals surface area contributed by atoms with Crippen molar-refractivity contribution in [1.82, 2.24) is 0 Å². The van der Waals surface area contributed by atoms with Crippen LogP contribution >= 0.6 is 0 Å². The molecule has 2 heteroatoms. The molecule has 0 spiro atoms. The van der Waals surface area contributed by atoms with E-state index in [2.05, 4.69) is 24.4 Å². The first-order chi connectivity index (χ1) is 6.68. The molecule has 76 valence electrons. The fourth-order valence-electron chi connectivity index (χ4n) is 1.74. The molecule has 14 heavy (non-hydrogen) atoms. The predicted molar refractivity (Wildman–Crippen MR) is 60.2 cm³/mol. The molecule has 1 unspecified atom stereocenters. The van der Waals surface area contributed by atoms with Crippen LogP contribution in [0, 0.1) is 5.92 Å². The number of para-hydroxylation sites is 1. The SMILES string of the molecule is CC(N)(CNc1ccccc1)C1CC1. The molecule has 1 aliphatic rings. The average Bonchev–Trinajstić information content (AvgIpc) is 3.00. The van der Waals surface area contributed by atoms with Gasteiger partial charge < -0.3 is 11.1 Å². The van der Waals surface area contributed by atoms with Crippen molar-refractivity contribution >= 4 is 5.69 Å². The van der Waals surface area contributed by atoms with Crippen molar-refractivity contribution in [3.05, 3.63) is 30.3 Å². The lowest BCUT2D eigenvalue weighted by Gasteiger charge is -2.25. The van der Waals surface area contributed by atoms with E-state index in [1.807, 2.05) is 18.2 Å². The lowest BCUT2D eigenvalue weighted by molar-refractivity contribution is 0.432. The summed E-state index contributed by atoms with van der Waals surface area (Å²) >= 11 is 0. The molecule has 0 saturated heterocycles. The summed E-state index contributed by atoms with van der Waals surface area (Å²) < 4.78 is 0. The molecule has 1 aromatic rings. The fraction of sp³-hybridized carbons (Fsp3) is 0.500. The van der Waals surface area contributed by atoms with E-state index in [4.69, 9.17) is 5.73 Å². The topological polar surface area (TPSA) is 38.0 Å². The van der Waals surface area contributed by atoms with Gasteiger partial charge in [0.25, 0.3) is 0 Å². The van der Waals surface area contributed by atoms with E-state index in [-0.39, 0.29) is 5.54 Å². The average molecular weight is 190 g/mol. The van der Waals surface area contributed by atoms with E-state index in [0.717, 1.165) is 18.2 Å². The number of anilines is 1. The van der Waals surface area contributed by atoms with E-state index in [1.54, 1.807) is 0 Å². The molecule has 0 aromatic heterocycles. The standard InChI is InChI=1S/C12H18N2/c1-12(13,10-7-8-10)9-14-11-5-3-2-4-6-11/h2-6,10,14H,7-9,13H2,1H3. The molecule has 1 aromatic carbocycles. The van der Waals surface area contributed by atoms with Crippen LogP contribution in [0.2, 0.25) is 0 Å². The second-order valence-corrected chi connectivity index (χ2v) is 4.50. The minimum atomic E-state index is -0.0458. The first-order valence-corrected chi connectivity index (χ1v) is 5.26. The van der Waals surface area contributed by atoms with Crippen LogP contribution in [0.5, 0.6) is 0 Å². The second-order valence-electron chi connectivity index (χ2n) is 4.50. The maximum Gasteiger partial charge on any atom is 0.0340 e. The summed E-state index contributed by atoms with van der Waals surface area (Å²) in [7, 11) is 0. The molecule has 1 saturated carbocycles. The zero-order valence-corrected chi connectivity index (χ0v) is 8.66. The highest BCUT2D eigenvalue weighted by Crippen LogP contribution is 2.37. The van der Waals surface area contributed by atoms with Crippen molar-refractivity contribution in [3.8, 4) is 0 Å². The van der Waals surface area contributed by atoms with Crippen LogP contribution in [0.4, 0.5) is 5.69 Å². The van der Waals surface area contributed by atoms with Gasteiger partial charge in [-0.2, -0.15) is 0 Å². The van der Waals surface area contributed by atoms with Gasteiger partial charge in [-0.15, -0.1) is 0 Å². The lowest BCUT2D eigenvalue weighted by Crippen LogP contribution is -2.45. The molecule has 2 nitrogen and oxygen atoms in total. The number of nitrogens with one attached hydrogen (secondary N) is 1. The van der Waals surface area contributed by atoms with Gasteiger partial charge in [-0.05, 0) is 37.8 Å². The third-order valence-electron chi connectivity index (χ3n) is 2.96. The number of hydrogen-bond donors (Lipinski definition) is 2. The van der Waals surface area contributed by atoms with Crippen LogP contribution in [0.15, 0.2) is 30.3 Å². The van der Waals surface area contributed by atoms with Crippen molar-refractivity contribution < 1.29 is 0 Å². The Morgan fingerprint density at radius 3 is 2.57 bits per heavy atom.